The van der Waals surface area contributed by atoms with Crippen LogP contribution in [0.2, 0.25) is 0 Å². The van der Waals surface area contributed by atoms with E-state index >= 15 is 0 Å². The Labute approximate surface area is 96.8 Å². The zero-order valence-electron chi connectivity index (χ0n) is 9.49. The standard InChI is InChI=1S/C12H17NO2S/c1-2-16(14,15)9-10-5-6-11-4-3-7-13-12(11)8-10/h5-6,8,13H,2-4,7,9H2,1H3. The van der Waals surface area contributed by atoms with Gasteiger partial charge in [-0.2, -0.15) is 0 Å². The number of benzene rings is 1. The molecule has 88 valence electrons. The summed E-state index contributed by atoms with van der Waals surface area (Å²) in [5, 5.41) is 3.31. The lowest BCUT2D eigenvalue weighted by Gasteiger charge is -2.18. The molecule has 1 aromatic rings. The lowest BCUT2D eigenvalue weighted by molar-refractivity contribution is 0.596. The fraction of sp³-hybridized carbons (Fsp3) is 0.500. The number of rotatable bonds is 3. The van der Waals surface area contributed by atoms with Gasteiger partial charge in [-0.3, -0.25) is 0 Å². The SMILES string of the molecule is CCS(=O)(=O)Cc1ccc2c(c1)NCCC2. The second kappa shape index (κ2) is 4.45. The molecule has 0 atom stereocenters. The van der Waals surface area contributed by atoms with Gasteiger partial charge in [-0.1, -0.05) is 19.1 Å². The zero-order chi connectivity index (χ0) is 11.6. The summed E-state index contributed by atoms with van der Waals surface area (Å²) in [5.41, 5.74) is 3.29. The first kappa shape index (κ1) is 11.5. The van der Waals surface area contributed by atoms with Crippen molar-refractivity contribution in [2.75, 3.05) is 17.6 Å². The largest absolute Gasteiger partial charge is 0.385 e. The fourth-order valence-electron chi connectivity index (χ4n) is 1.95. The molecule has 1 aliphatic rings. The molecule has 0 spiro atoms. The van der Waals surface area contributed by atoms with E-state index in [0.717, 1.165) is 30.6 Å². The highest BCUT2D eigenvalue weighted by atomic mass is 32.2. The van der Waals surface area contributed by atoms with Crippen molar-refractivity contribution in [2.45, 2.75) is 25.5 Å². The third-order valence-corrected chi connectivity index (χ3v) is 4.59. The summed E-state index contributed by atoms with van der Waals surface area (Å²) in [7, 11) is -2.93. The van der Waals surface area contributed by atoms with Crippen molar-refractivity contribution in [3.8, 4) is 0 Å². The molecule has 0 unspecified atom stereocenters. The van der Waals surface area contributed by atoms with E-state index in [1.807, 2.05) is 18.2 Å². The van der Waals surface area contributed by atoms with Crippen molar-refractivity contribution >= 4 is 15.5 Å². The highest BCUT2D eigenvalue weighted by Crippen LogP contribution is 2.23. The number of anilines is 1. The number of sulfone groups is 1. The Morgan fingerprint density at radius 1 is 1.38 bits per heavy atom. The Bertz CT molecular complexity index is 480. The quantitative estimate of drug-likeness (QED) is 0.877. The van der Waals surface area contributed by atoms with Crippen LogP contribution < -0.4 is 5.32 Å². The monoisotopic (exact) mass is 239 g/mol. The molecule has 0 amide bonds. The molecular formula is C12H17NO2S. The van der Waals surface area contributed by atoms with E-state index in [2.05, 4.69) is 5.32 Å². The lowest BCUT2D eigenvalue weighted by atomic mass is 10.0. The van der Waals surface area contributed by atoms with Gasteiger partial charge in [-0.25, -0.2) is 8.42 Å². The topological polar surface area (TPSA) is 46.2 Å². The summed E-state index contributed by atoms with van der Waals surface area (Å²) in [6.45, 7) is 2.67. The van der Waals surface area contributed by atoms with Gasteiger partial charge >= 0.3 is 0 Å². The van der Waals surface area contributed by atoms with Gasteiger partial charge in [0.05, 0.1) is 5.75 Å². The Morgan fingerprint density at radius 2 is 2.19 bits per heavy atom. The maximum atomic E-state index is 11.5. The van der Waals surface area contributed by atoms with Crippen LogP contribution in [0.25, 0.3) is 0 Å². The molecule has 1 N–H and O–H groups in total. The molecule has 0 saturated carbocycles. The Morgan fingerprint density at radius 3 is 2.94 bits per heavy atom. The number of hydrogen-bond donors (Lipinski definition) is 1. The molecule has 16 heavy (non-hydrogen) atoms. The predicted octanol–water partition coefficient (Wildman–Crippen LogP) is 1.98. The first-order valence-corrected chi connectivity index (χ1v) is 7.49. The molecular weight excluding hydrogens is 222 g/mol. The normalized spacial score (nSPS) is 15.3. The third kappa shape index (κ3) is 2.55. The maximum Gasteiger partial charge on any atom is 0.154 e. The molecule has 0 saturated heterocycles. The minimum atomic E-state index is -2.93. The van der Waals surface area contributed by atoms with Gasteiger partial charge in [0.2, 0.25) is 0 Å². The molecule has 0 aromatic heterocycles. The Balaban J connectivity index is 2.24. The lowest BCUT2D eigenvalue weighted by Crippen LogP contribution is -2.13. The van der Waals surface area contributed by atoms with Crippen molar-refractivity contribution in [3.63, 3.8) is 0 Å². The number of fused-ring (bicyclic) bond motifs is 1. The van der Waals surface area contributed by atoms with Crippen LogP contribution in [0.1, 0.15) is 24.5 Å². The molecule has 1 heterocycles. The Hall–Kier alpha value is -1.03. The minimum Gasteiger partial charge on any atom is -0.385 e. The summed E-state index contributed by atoms with van der Waals surface area (Å²) in [6.07, 6.45) is 2.24. The van der Waals surface area contributed by atoms with Crippen LogP contribution in [0.4, 0.5) is 5.69 Å². The smallest absolute Gasteiger partial charge is 0.154 e. The third-order valence-electron chi connectivity index (χ3n) is 2.94. The van der Waals surface area contributed by atoms with E-state index in [0.29, 0.717) is 0 Å². The van der Waals surface area contributed by atoms with E-state index in [9.17, 15) is 8.42 Å². The maximum absolute atomic E-state index is 11.5. The van der Waals surface area contributed by atoms with Crippen LogP contribution in [0.5, 0.6) is 0 Å². The molecule has 2 rings (SSSR count). The van der Waals surface area contributed by atoms with Crippen LogP contribution in [0.15, 0.2) is 18.2 Å². The van der Waals surface area contributed by atoms with Crippen molar-refractivity contribution < 1.29 is 8.42 Å². The first-order valence-electron chi connectivity index (χ1n) is 5.67. The highest BCUT2D eigenvalue weighted by Gasteiger charge is 2.12. The van der Waals surface area contributed by atoms with Crippen LogP contribution in [-0.2, 0) is 22.0 Å². The summed E-state index contributed by atoms with van der Waals surface area (Å²) in [4.78, 5) is 0. The number of nitrogens with one attached hydrogen (secondary N) is 1. The van der Waals surface area contributed by atoms with E-state index < -0.39 is 9.84 Å². The van der Waals surface area contributed by atoms with Gasteiger partial charge in [0, 0.05) is 18.0 Å². The summed E-state index contributed by atoms with van der Waals surface area (Å²) < 4.78 is 23.0. The number of aryl methyl sites for hydroxylation is 1. The predicted molar refractivity (Wildman–Crippen MR) is 66.4 cm³/mol. The summed E-state index contributed by atoms with van der Waals surface area (Å²) >= 11 is 0. The Kier molecular flexibility index (Phi) is 3.19. The van der Waals surface area contributed by atoms with Crippen molar-refractivity contribution in [1.29, 1.82) is 0 Å². The van der Waals surface area contributed by atoms with Gasteiger partial charge in [0.1, 0.15) is 0 Å². The van der Waals surface area contributed by atoms with Crippen LogP contribution in [0.3, 0.4) is 0 Å². The van der Waals surface area contributed by atoms with Crippen LogP contribution >= 0.6 is 0 Å². The second-order valence-corrected chi connectivity index (χ2v) is 6.55. The number of hydrogen-bond acceptors (Lipinski definition) is 3. The zero-order valence-corrected chi connectivity index (χ0v) is 10.3. The van der Waals surface area contributed by atoms with Gasteiger partial charge in [-0.05, 0) is 30.0 Å². The summed E-state index contributed by atoms with van der Waals surface area (Å²) in [5.74, 6) is 0.357. The second-order valence-electron chi connectivity index (χ2n) is 4.20. The molecule has 3 nitrogen and oxygen atoms in total. The first-order chi connectivity index (χ1) is 7.61. The molecule has 0 radical (unpaired) electrons. The highest BCUT2D eigenvalue weighted by molar-refractivity contribution is 7.90. The van der Waals surface area contributed by atoms with Crippen LogP contribution in [0, 0.1) is 0 Å². The van der Waals surface area contributed by atoms with E-state index in [-0.39, 0.29) is 11.5 Å². The van der Waals surface area contributed by atoms with E-state index in [4.69, 9.17) is 0 Å². The molecule has 0 aliphatic carbocycles. The summed E-state index contributed by atoms with van der Waals surface area (Å²) in [6, 6.07) is 5.95. The van der Waals surface area contributed by atoms with Crippen LogP contribution in [-0.4, -0.2) is 20.7 Å². The van der Waals surface area contributed by atoms with E-state index in [1.165, 1.54) is 5.56 Å². The van der Waals surface area contributed by atoms with Crippen molar-refractivity contribution in [2.24, 2.45) is 0 Å². The fourth-order valence-corrected chi connectivity index (χ4v) is 2.85. The molecule has 4 heteroatoms. The molecule has 0 fully saturated rings. The molecule has 0 bridgehead atoms. The molecule has 1 aromatic carbocycles. The van der Waals surface area contributed by atoms with Gasteiger partial charge in [0.25, 0.3) is 0 Å². The van der Waals surface area contributed by atoms with Gasteiger partial charge in [0.15, 0.2) is 9.84 Å². The van der Waals surface area contributed by atoms with Crippen molar-refractivity contribution in [1.82, 2.24) is 0 Å². The average Bonchev–Trinajstić information content (AvgIpc) is 2.28. The average molecular weight is 239 g/mol. The van der Waals surface area contributed by atoms with Gasteiger partial charge in [-0.15, -0.1) is 0 Å². The molecule has 1 aliphatic heterocycles. The van der Waals surface area contributed by atoms with E-state index in [1.54, 1.807) is 6.92 Å². The van der Waals surface area contributed by atoms with Crippen molar-refractivity contribution in [3.05, 3.63) is 29.3 Å². The van der Waals surface area contributed by atoms with Gasteiger partial charge < -0.3 is 5.32 Å². The minimum absolute atomic E-state index is 0.151.